The number of carbonyl (C=O) groups is 1. The average Bonchev–Trinajstić information content (AvgIpc) is 2.61. The highest BCUT2D eigenvalue weighted by atomic mass is 35.5. The predicted octanol–water partition coefficient (Wildman–Crippen LogP) is 5.71. The van der Waals surface area contributed by atoms with Gasteiger partial charge in [-0.25, -0.2) is 0 Å². The number of ether oxygens (including phenoxy) is 2. The van der Waals surface area contributed by atoms with Crippen molar-refractivity contribution < 1.29 is 32.4 Å². The molecule has 0 saturated carbocycles. The number of halogens is 4. The van der Waals surface area contributed by atoms with Crippen LogP contribution in [0.5, 0.6) is 11.5 Å². The first-order valence-corrected chi connectivity index (χ1v) is 9.09. The molecule has 28 heavy (non-hydrogen) atoms. The van der Waals surface area contributed by atoms with Gasteiger partial charge < -0.3 is 9.47 Å². The SMILES string of the molecule is CCOC(=O)CSc1cc(Oc2ccc(C(F)(F)F)cc2Cl)ccc1[N+](=O)[O-]. The Balaban J connectivity index is 2.25. The van der Waals surface area contributed by atoms with E-state index in [0.717, 1.165) is 30.0 Å². The highest BCUT2D eigenvalue weighted by Crippen LogP contribution is 2.38. The molecule has 0 aliphatic carbocycles. The molecule has 2 aromatic carbocycles. The molecular formula is C17H13ClF3NO5S. The fourth-order valence-corrected chi connectivity index (χ4v) is 3.12. The number of nitrogens with zero attached hydrogens (tertiary/aromatic N) is 1. The fraction of sp³-hybridized carbons (Fsp3) is 0.235. The molecule has 0 aliphatic rings. The monoisotopic (exact) mass is 435 g/mol. The third-order valence-electron chi connectivity index (χ3n) is 3.27. The minimum absolute atomic E-state index is 0.0511. The smallest absolute Gasteiger partial charge is 0.416 e. The molecule has 11 heteroatoms. The van der Waals surface area contributed by atoms with Crippen LogP contribution in [-0.4, -0.2) is 23.3 Å². The van der Waals surface area contributed by atoms with Crippen molar-refractivity contribution in [2.24, 2.45) is 0 Å². The Labute approximate surface area is 166 Å². The number of benzene rings is 2. The van der Waals surface area contributed by atoms with Gasteiger partial charge in [-0.3, -0.25) is 14.9 Å². The number of nitro benzene ring substituents is 1. The summed E-state index contributed by atoms with van der Waals surface area (Å²) in [6.07, 6.45) is -4.55. The van der Waals surface area contributed by atoms with Gasteiger partial charge in [0.2, 0.25) is 0 Å². The van der Waals surface area contributed by atoms with E-state index >= 15 is 0 Å². The zero-order valence-corrected chi connectivity index (χ0v) is 15.9. The summed E-state index contributed by atoms with van der Waals surface area (Å²) < 4.78 is 48.3. The molecule has 0 bridgehead atoms. The lowest BCUT2D eigenvalue weighted by molar-refractivity contribution is -0.387. The first-order chi connectivity index (χ1) is 13.1. The van der Waals surface area contributed by atoms with Crippen LogP contribution in [0.1, 0.15) is 12.5 Å². The molecule has 0 aliphatic heterocycles. The molecule has 0 radical (unpaired) electrons. The van der Waals surface area contributed by atoms with Gasteiger partial charge in [-0.05, 0) is 31.2 Å². The van der Waals surface area contributed by atoms with Gasteiger partial charge in [0, 0.05) is 12.1 Å². The number of esters is 1. The van der Waals surface area contributed by atoms with E-state index in [1.54, 1.807) is 6.92 Å². The van der Waals surface area contributed by atoms with E-state index in [0.29, 0.717) is 0 Å². The maximum atomic E-state index is 12.7. The third kappa shape index (κ3) is 5.77. The van der Waals surface area contributed by atoms with Crippen molar-refractivity contribution >= 4 is 35.0 Å². The minimum atomic E-state index is -4.55. The number of rotatable bonds is 7. The second kappa shape index (κ2) is 9.16. The van der Waals surface area contributed by atoms with Gasteiger partial charge in [0.05, 0.1) is 32.8 Å². The molecular weight excluding hydrogens is 423 g/mol. The summed E-state index contributed by atoms with van der Waals surface area (Å²) in [7, 11) is 0. The van der Waals surface area contributed by atoms with Gasteiger partial charge >= 0.3 is 12.1 Å². The van der Waals surface area contributed by atoms with Crippen molar-refractivity contribution in [1.29, 1.82) is 0 Å². The second-order valence-corrected chi connectivity index (χ2v) is 6.65. The summed E-state index contributed by atoms with van der Waals surface area (Å²) in [6.45, 7) is 1.81. The van der Waals surface area contributed by atoms with Crippen molar-refractivity contribution in [3.05, 3.63) is 57.1 Å². The molecule has 0 heterocycles. The highest BCUT2D eigenvalue weighted by Gasteiger charge is 2.31. The Morgan fingerprint density at radius 2 is 1.96 bits per heavy atom. The zero-order chi connectivity index (χ0) is 20.9. The first kappa shape index (κ1) is 21.8. The predicted molar refractivity (Wildman–Crippen MR) is 97.0 cm³/mol. The van der Waals surface area contributed by atoms with Gasteiger partial charge in [0.1, 0.15) is 11.5 Å². The lowest BCUT2D eigenvalue weighted by Crippen LogP contribution is -2.06. The number of hydrogen-bond acceptors (Lipinski definition) is 6. The number of carbonyl (C=O) groups excluding carboxylic acids is 1. The fourth-order valence-electron chi connectivity index (χ4n) is 2.05. The van der Waals surface area contributed by atoms with Crippen LogP contribution in [0.2, 0.25) is 5.02 Å². The van der Waals surface area contributed by atoms with Crippen LogP contribution in [0.15, 0.2) is 41.3 Å². The largest absolute Gasteiger partial charge is 0.465 e. The topological polar surface area (TPSA) is 78.7 Å². The Hall–Kier alpha value is -2.46. The lowest BCUT2D eigenvalue weighted by atomic mass is 10.2. The Kier molecular flexibility index (Phi) is 7.14. The van der Waals surface area contributed by atoms with E-state index in [1.807, 2.05) is 0 Å². The highest BCUT2D eigenvalue weighted by molar-refractivity contribution is 8.00. The maximum absolute atomic E-state index is 12.7. The van der Waals surface area contributed by atoms with Crippen molar-refractivity contribution in [1.82, 2.24) is 0 Å². The molecule has 0 spiro atoms. The van der Waals surface area contributed by atoms with Crippen LogP contribution in [0.25, 0.3) is 0 Å². The molecule has 2 aromatic rings. The Bertz CT molecular complexity index is 892. The lowest BCUT2D eigenvalue weighted by Gasteiger charge is -2.12. The number of alkyl halides is 3. The van der Waals surface area contributed by atoms with E-state index in [-0.39, 0.29) is 39.5 Å². The van der Waals surface area contributed by atoms with Gasteiger partial charge in [-0.1, -0.05) is 11.6 Å². The Morgan fingerprint density at radius 1 is 1.25 bits per heavy atom. The minimum Gasteiger partial charge on any atom is -0.465 e. The standard InChI is InChI=1S/C17H13ClF3NO5S/c1-2-26-16(23)9-28-15-8-11(4-5-13(15)22(24)25)27-14-6-3-10(7-12(14)18)17(19,20)21/h3-8H,2,9H2,1H3. The van der Waals surface area contributed by atoms with E-state index in [2.05, 4.69) is 0 Å². The maximum Gasteiger partial charge on any atom is 0.416 e. The van der Waals surface area contributed by atoms with E-state index in [1.165, 1.54) is 18.2 Å². The molecule has 0 atom stereocenters. The van der Waals surface area contributed by atoms with Gasteiger partial charge in [-0.15, -0.1) is 11.8 Å². The molecule has 2 rings (SSSR count). The summed E-state index contributed by atoms with van der Waals surface area (Å²) in [6, 6.07) is 6.33. The normalized spacial score (nSPS) is 11.2. The molecule has 0 amide bonds. The van der Waals surface area contributed by atoms with Crippen molar-refractivity contribution in [3.8, 4) is 11.5 Å². The van der Waals surface area contributed by atoms with Crippen LogP contribution in [-0.2, 0) is 15.7 Å². The summed E-state index contributed by atoms with van der Waals surface area (Å²) in [5.74, 6) is -0.638. The van der Waals surface area contributed by atoms with Crippen molar-refractivity contribution in [3.63, 3.8) is 0 Å². The van der Waals surface area contributed by atoms with Crippen molar-refractivity contribution in [2.75, 3.05) is 12.4 Å². The third-order valence-corrected chi connectivity index (χ3v) is 4.58. The molecule has 0 unspecified atom stereocenters. The van der Waals surface area contributed by atoms with Crippen LogP contribution >= 0.6 is 23.4 Å². The molecule has 0 N–H and O–H groups in total. The van der Waals surface area contributed by atoms with Crippen LogP contribution in [0, 0.1) is 10.1 Å². The number of hydrogen-bond donors (Lipinski definition) is 0. The average molecular weight is 436 g/mol. The second-order valence-electron chi connectivity index (χ2n) is 5.23. The molecule has 150 valence electrons. The first-order valence-electron chi connectivity index (χ1n) is 7.73. The number of nitro groups is 1. The summed E-state index contributed by atoms with van der Waals surface area (Å²) >= 11 is 6.72. The van der Waals surface area contributed by atoms with Crippen LogP contribution in [0.3, 0.4) is 0 Å². The molecule has 0 fully saturated rings. The molecule has 0 saturated heterocycles. The van der Waals surface area contributed by atoms with E-state index in [4.69, 9.17) is 21.1 Å². The van der Waals surface area contributed by atoms with Gasteiger partial charge in [0.15, 0.2) is 0 Å². The van der Waals surface area contributed by atoms with Crippen molar-refractivity contribution in [2.45, 2.75) is 18.0 Å². The van der Waals surface area contributed by atoms with E-state index < -0.39 is 22.6 Å². The van der Waals surface area contributed by atoms with Crippen LogP contribution < -0.4 is 4.74 Å². The summed E-state index contributed by atoms with van der Waals surface area (Å²) in [5, 5.41) is 10.9. The molecule has 6 nitrogen and oxygen atoms in total. The molecule has 0 aromatic heterocycles. The quantitative estimate of drug-likeness (QED) is 0.240. The zero-order valence-electron chi connectivity index (χ0n) is 14.3. The number of thioether (sulfide) groups is 1. The Morgan fingerprint density at radius 3 is 2.54 bits per heavy atom. The summed E-state index contributed by atoms with van der Waals surface area (Å²) in [5.41, 5.74) is -1.18. The van der Waals surface area contributed by atoms with E-state index in [9.17, 15) is 28.1 Å². The van der Waals surface area contributed by atoms with Gasteiger partial charge in [-0.2, -0.15) is 13.2 Å². The summed E-state index contributed by atoms with van der Waals surface area (Å²) in [4.78, 5) is 22.1. The van der Waals surface area contributed by atoms with Gasteiger partial charge in [0.25, 0.3) is 5.69 Å². The van der Waals surface area contributed by atoms with Crippen LogP contribution in [0.4, 0.5) is 18.9 Å².